The van der Waals surface area contributed by atoms with Gasteiger partial charge in [-0.25, -0.2) is 0 Å². The van der Waals surface area contributed by atoms with Gasteiger partial charge in [-0.3, -0.25) is 4.79 Å². The van der Waals surface area contributed by atoms with E-state index >= 15 is 0 Å². The lowest BCUT2D eigenvalue weighted by Crippen LogP contribution is -2.18. The van der Waals surface area contributed by atoms with Crippen LogP contribution in [0.1, 0.15) is 18.9 Å². The van der Waals surface area contributed by atoms with E-state index in [1.807, 2.05) is 32.0 Å². The van der Waals surface area contributed by atoms with Gasteiger partial charge in [0.15, 0.2) is 0 Å². The van der Waals surface area contributed by atoms with Gasteiger partial charge in [0.1, 0.15) is 0 Å². The van der Waals surface area contributed by atoms with Gasteiger partial charge in [-0.05, 0) is 43.7 Å². The minimum atomic E-state index is -0.00459. The minimum Gasteiger partial charge on any atom is -0.328 e. The first-order valence-electron chi connectivity index (χ1n) is 5.89. The van der Waals surface area contributed by atoms with E-state index in [1.54, 1.807) is 11.8 Å². The Bertz CT molecular complexity index is 410. The number of halogens is 1. The van der Waals surface area contributed by atoms with Crippen molar-refractivity contribution in [2.24, 2.45) is 5.73 Å². The SMILES string of the molecule is Cc1c(Cl)cccc1NC(=O)CSCCC(C)N. The van der Waals surface area contributed by atoms with Crippen LogP contribution in [0.25, 0.3) is 0 Å². The van der Waals surface area contributed by atoms with E-state index in [0.29, 0.717) is 10.8 Å². The zero-order chi connectivity index (χ0) is 13.5. The van der Waals surface area contributed by atoms with E-state index in [9.17, 15) is 4.79 Å². The third-order valence-corrected chi connectivity index (χ3v) is 3.89. The molecule has 1 rings (SSSR count). The molecule has 1 aromatic carbocycles. The Hall–Kier alpha value is -0.710. The molecule has 0 aliphatic heterocycles. The van der Waals surface area contributed by atoms with Crippen LogP contribution in [0, 0.1) is 6.92 Å². The molecule has 0 fully saturated rings. The fourth-order valence-corrected chi connectivity index (χ4v) is 2.48. The van der Waals surface area contributed by atoms with Gasteiger partial charge in [-0.15, -0.1) is 0 Å². The summed E-state index contributed by atoms with van der Waals surface area (Å²) in [6, 6.07) is 5.68. The first-order valence-corrected chi connectivity index (χ1v) is 7.42. The Morgan fingerprint density at radius 2 is 2.28 bits per heavy atom. The molecule has 0 spiro atoms. The van der Waals surface area contributed by atoms with E-state index in [1.165, 1.54) is 0 Å². The summed E-state index contributed by atoms with van der Waals surface area (Å²) in [6.07, 6.45) is 0.925. The molecular weight excluding hydrogens is 268 g/mol. The van der Waals surface area contributed by atoms with Crippen LogP contribution in [0.2, 0.25) is 5.02 Å². The maximum absolute atomic E-state index is 11.7. The Labute approximate surface area is 117 Å². The van der Waals surface area contributed by atoms with Crippen LogP contribution in [0.4, 0.5) is 5.69 Å². The number of carbonyl (C=O) groups excluding carboxylic acids is 1. The zero-order valence-corrected chi connectivity index (χ0v) is 12.3. The summed E-state index contributed by atoms with van der Waals surface area (Å²) in [5, 5.41) is 3.53. The molecule has 1 aromatic rings. The number of carbonyl (C=O) groups is 1. The molecule has 3 nitrogen and oxygen atoms in total. The van der Waals surface area contributed by atoms with Gasteiger partial charge in [0.05, 0.1) is 5.75 Å². The van der Waals surface area contributed by atoms with E-state index in [4.69, 9.17) is 17.3 Å². The van der Waals surface area contributed by atoms with Crippen LogP contribution < -0.4 is 11.1 Å². The maximum atomic E-state index is 11.7. The first kappa shape index (κ1) is 15.3. The number of nitrogens with one attached hydrogen (secondary N) is 1. The summed E-state index contributed by atoms with van der Waals surface area (Å²) < 4.78 is 0. The quantitative estimate of drug-likeness (QED) is 0.790. The average molecular weight is 287 g/mol. The number of nitrogens with two attached hydrogens (primary N) is 1. The standard InChI is InChI=1S/C13H19ClN2OS/c1-9(15)6-7-18-8-13(17)16-12-5-3-4-11(14)10(12)2/h3-5,9H,6-8,15H2,1-2H3,(H,16,17). The van der Waals surface area contributed by atoms with Gasteiger partial charge < -0.3 is 11.1 Å². The van der Waals surface area contributed by atoms with Gasteiger partial charge in [-0.1, -0.05) is 17.7 Å². The van der Waals surface area contributed by atoms with Crippen molar-refractivity contribution in [2.75, 3.05) is 16.8 Å². The zero-order valence-electron chi connectivity index (χ0n) is 10.7. The molecule has 0 aromatic heterocycles. The van der Waals surface area contributed by atoms with Crippen molar-refractivity contribution >= 4 is 35.0 Å². The Kier molecular flexibility index (Phi) is 6.54. The van der Waals surface area contributed by atoms with E-state index in [-0.39, 0.29) is 11.9 Å². The molecule has 0 saturated carbocycles. The first-order chi connectivity index (χ1) is 8.50. The van der Waals surface area contributed by atoms with E-state index < -0.39 is 0 Å². The highest BCUT2D eigenvalue weighted by Crippen LogP contribution is 2.23. The van der Waals surface area contributed by atoms with Gasteiger partial charge in [0.2, 0.25) is 5.91 Å². The number of anilines is 1. The molecule has 0 saturated heterocycles. The molecule has 0 aliphatic carbocycles. The lowest BCUT2D eigenvalue weighted by atomic mass is 10.2. The number of amides is 1. The summed E-state index contributed by atoms with van der Waals surface area (Å²) in [5.41, 5.74) is 7.32. The summed E-state index contributed by atoms with van der Waals surface area (Å²) in [5.74, 6) is 1.34. The number of hydrogen-bond acceptors (Lipinski definition) is 3. The Morgan fingerprint density at radius 3 is 2.94 bits per heavy atom. The number of benzene rings is 1. The lowest BCUT2D eigenvalue weighted by Gasteiger charge is -2.09. The molecule has 0 radical (unpaired) electrons. The predicted octanol–water partition coefficient (Wildman–Crippen LogP) is 3.06. The van der Waals surface area contributed by atoms with Crippen molar-refractivity contribution in [3.63, 3.8) is 0 Å². The summed E-state index contributed by atoms with van der Waals surface area (Å²) >= 11 is 7.58. The van der Waals surface area contributed by atoms with Gasteiger partial charge in [-0.2, -0.15) is 11.8 Å². The van der Waals surface area contributed by atoms with Crippen molar-refractivity contribution in [2.45, 2.75) is 26.3 Å². The van der Waals surface area contributed by atoms with Crippen LogP contribution >= 0.6 is 23.4 Å². The topological polar surface area (TPSA) is 55.1 Å². The van der Waals surface area contributed by atoms with E-state index in [0.717, 1.165) is 23.4 Å². The van der Waals surface area contributed by atoms with Crippen molar-refractivity contribution in [3.05, 3.63) is 28.8 Å². The fraction of sp³-hybridized carbons (Fsp3) is 0.462. The summed E-state index contributed by atoms with van der Waals surface area (Å²) in [6.45, 7) is 3.86. The fourth-order valence-electron chi connectivity index (χ4n) is 1.36. The molecule has 1 amide bonds. The van der Waals surface area contributed by atoms with Crippen molar-refractivity contribution in [1.82, 2.24) is 0 Å². The Morgan fingerprint density at radius 1 is 1.56 bits per heavy atom. The average Bonchev–Trinajstić information content (AvgIpc) is 2.30. The molecule has 1 atom stereocenters. The monoisotopic (exact) mass is 286 g/mol. The molecule has 0 aliphatic rings. The van der Waals surface area contributed by atoms with Crippen LogP contribution in [0.5, 0.6) is 0 Å². The van der Waals surface area contributed by atoms with Crippen LogP contribution in [0.3, 0.4) is 0 Å². The normalized spacial score (nSPS) is 12.2. The minimum absolute atomic E-state index is 0.00459. The molecule has 0 heterocycles. The second-order valence-corrected chi connectivity index (χ2v) is 5.79. The van der Waals surface area contributed by atoms with Gasteiger partial charge in [0, 0.05) is 16.8 Å². The van der Waals surface area contributed by atoms with Crippen molar-refractivity contribution in [3.8, 4) is 0 Å². The van der Waals surface area contributed by atoms with E-state index in [2.05, 4.69) is 5.32 Å². The van der Waals surface area contributed by atoms with Gasteiger partial charge in [0.25, 0.3) is 0 Å². The second-order valence-electron chi connectivity index (χ2n) is 4.28. The van der Waals surface area contributed by atoms with Gasteiger partial charge >= 0.3 is 0 Å². The van der Waals surface area contributed by atoms with Crippen LogP contribution in [-0.2, 0) is 4.79 Å². The van der Waals surface area contributed by atoms with Crippen LogP contribution in [-0.4, -0.2) is 23.5 Å². The third kappa shape index (κ3) is 5.29. The van der Waals surface area contributed by atoms with Crippen molar-refractivity contribution < 1.29 is 4.79 Å². The third-order valence-electron chi connectivity index (χ3n) is 2.49. The summed E-state index contributed by atoms with van der Waals surface area (Å²) in [7, 11) is 0. The lowest BCUT2D eigenvalue weighted by molar-refractivity contribution is -0.113. The number of hydrogen-bond donors (Lipinski definition) is 2. The molecular formula is C13H19ClN2OS. The van der Waals surface area contributed by atoms with Crippen LogP contribution in [0.15, 0.2) is 18.2 Å². The molecule has 100 valence electrons. The molecule has 3 N–H and O–H groups in total. The molecule has 18 heavy (non-hydrogen) atoms. The van der Waals surface area contributed by atoms with Crippen molar-refractivity contribution in [1.29, 1.82) is 0 Å². The highest BCUT2D eigenvalue weighted by molar-refractivity contribution is 7.99. The smallest absolute Gasteiger partial charge is 0.234 e. The number of thioether (sulfide) groups is 1. The second kappa shape index (κ2) is 7.67. The highest BCUT2D eigenvalue weighted by Gasteiger charge is 2.06. The highest BCUT2D eigenvalue weighted by atomic mass is 35.5. The maximum Gasteiger partial charge on any atom is 0.234 e. The predicted molar refractivity (Wildman–Crippen MR) is 80.4 cm³/mol. The summed E-state index contributed by atoms with van der Waals surface area (Å²) in [4.78, 5) is 11.7. The molecule has 5 heteroatoms. The number of rotatable bonds is 6. The molecule has 1 unspecified atom stereocenters. The Balaban J connectivity index is 2.38. The molecule has 0 bridgehead atoms. The largest absolute Gasteiger partial charge is 0.328 e.